The predicted octanol–water partition coefficient (Wildman–Crippen LogP) is 4.74. The van der Waals surface area contributed by atoms with Crippen LogP contribution in [-0.4, -0.2) is 15.0 Å². The summed E-state index contributed by atoms with van der Waals surface area (Å²) in [7, 11) is 0. The van der Waals surface area contributed by atoms with Gasteiger partial charge < -0.3 is 4.98 Å². The summed E-state index contributed by atoms with van der Waals surface area (Å²) in [5.74, 6) is 0. The normalized spacial score (nSPS) is 11.3. The SMILES string of the molecule is Cc1[nH]c2ncccc2c1-c1ccnc2cc(Cl)ccc12. The number of hydrogen-bond acceptors (Lipinski definition) is 2. The van der Waals surface area contributed by atoms with Crippen molar-refractivity contribution in [3.8, 4) is 11.1 Å². The molecule has 0 amide bonds. The summed E-state index contributed by atoms with van der Waals surface area (Å²) >= 11 is 6.07. The number of aromatic nitrogens is 3. The van der Waals surface area contributed by atoms with Crippen molar-refractivity contribution in [1.29, 1.82) is 0 Å². The number of rotatable bonds is 1. The predicted molar refractivity (Wildman–Crippen MR) is 86.6 cm³/mol. The molecule has 1 N–H and O–H groups in total. The van der Waals surface area contributed by atoms with E-state index in [4.69, 9.17) is 11.6 Å². The number of aromatic amines is 1. The molecule has 0 saturated carbocycles. The maximum absolute atomic E-state index is 6.07. The molecule has 0 aliphatic carbocycles. The lowest BCUT2D eigenvalue weighted by atomic mass is 9.99. The van der Waals surface area contributed by atoms with Gasteiger partial charge in [-0.05, 0) is 42.8 Å². The fourth-order valence-electron chi connectivity index (χ4n) is 2.84. The Morgan fingerprint density at radius 1 is 1.00 bits per heavy atom. The molecule has 0 bridgehead atoms. The van der Waals surface area contributed by atoms with Crippen LogP contribution in [0.3, 0.4) is 0 Å². The van der Waals surface area contributed by atoms with Crippen LogP contribution in [0, 0.1) is 6.92 Å². The van der Waals surface area contributed by atoms with Crippen molar-refractivity contribution in [3.05, 3.63) is 59.5 Å². The molecule has 0 aliphatic rings. The van der Waals surface area contributed by atoms with E-state index in [1.807, 2.05) is 36.5 Å². The second kappa shape index (κ2) is 4.57. The molecule has 1 aromatic carbocycles. The number of halogens is 1. The molecular formula is C17H12ClN3. The third-order valence-electron chi connectivity index (χ3n) is 3.73. The third kappa shape index (κ3) is 1.89. The Labute approximate surface area is 126 Å². The van der Waals surface area contributed by atoms with Crippen molar-refractivity contribution in [2.24, 2.45) is 0 Å². The van der Waals surface area contributed by atoms with Gasteiger partial charge in [-0.2, -0.15) is 0 Å². The summed E-state index contributed by atoms with van der Waals surface area (Å²) in [6.07, 6.45) is 3.62. The Balaban J connectivity index is 2.12. The maximum atomic E-state index is 6.07. The molecule has 3 aromatic heterocycles. The summed E-state index contributed by atoms with van der Waals surface area (Å²) < 4.78 is 0. The maximum Gasteiger partial charge on any atom is 0.138 e. The first-order valence-electron chi connectivity index (χ1n) is 6.72. The number of H-pyrrole nitrogens is 1. The van der Waals surface area contributed by atoms with Gasteiger partial charge >= 0.3 is 0 Å². The van der Waals surface area contributed by atoms with E-state index in [1.165, 1.54) is 5.56 Å². The minimum Gasteiger partial charge on any atom is -0.343 e. The number of hydrogen-bond donors (Lipinski definition) is 1. The summed E-state index contributed by atoms with van der Waals surface area (Å²) in [4.78, 5) is 12.1. The topological polar surface area (TPSA) is 41.6 Å². The van der Waals surface area contributed by atoms with E-state index in [0.29, 0.717) is 5.02 Å². The first-order valence-corrected chi connectivity index (χ1v) is 7.10. The fourth-order valence-corrected chi connectivity index (χ4v) is 3.00. The number of benzene rings is 1. The molecule has 4 aromatic rings. The Kier molecular flexibility index (Phi) is 2.69. The average Bonchev–Trinajstić information content (AvgIpc) is 2.82. The van der Waals surface area contributed by atoms with Gasteiger partial charge in [0, 0.05) is 39.4 Å². The van der Waals surface area contributed by atoms with Gasteiger partial charge in [-0.15, -0.1) is 0 Å². The summed E-state index contributed by atoms with van der Waals surface area (Å²) in [5, 5.41) is 2.91. The molecule has 3 nitrogen and oxygen atoms in total. The number of aryl methyl sites for hydroxylation is 1. The number of pyridine rings is 2. The van der Waals surface area contributed by atoms with E-state index in [-0.39, 0.29) is 0 Å². The zero-order chi connectivity index (χ0) is 14.4. The van der Waals surface area contributed by atoms with Crippen molar-refractivity contribution in [3.63, 3.8) is 0 Å². The van der Waals surface area contributed by atoms with Gasteiger partial charge in [0.15, 0.2) is 0 Å². The van der Waals surface area contributed by atoms with Crippen LogP contribution in [0.4, 0.5) is 0 Å². The van der Waals surface area contributed by atoms with Gasteiger partial charge in [0.2, 0.25) is 0 Å². The minimum absolute atomic E-state index is 0.699. The van der Waals surface area contributed by atoms with E-state index in [2.05, 4.69) is 27.9 Å². The summed E-state index contributed by atoms with van der Waals surface area (Å²) in [5.41, 5.74) is 5.23. The minimum atomic E-state index is 0.699. The first-order chi connectivity index (χ1) is 10.2. The molecule has 0 unspecified atom stereocenters. The second-order valence-corrected chi connectivity index (χ2v) is 5.48. The van der Waals surface area contributed by atoms with Crippen LogP contribution in [0.15, 0.2) is 48.8 Å². The lowest BCUT2D eigenvalue weighted by Crippen LogP contribution is -1.85. The van der Waals surface area contributed by atoms with E-state index in [0.717, 1.165) is 33.2 Å². The van der Waals surface area contributed by atoms with Crippen LogP contribution < -0.4 is 0 Å². The van der Waals surface area contributed by atoms with Crippen LogP contribution in [0.2, 0.25) is 5.02 Å². The summed E-state index contributed by atoms with van der Waals surface area (Å²) in [6.45, 7) is 2.07. The van der Waals surface area contributed by atoms with Gasteiger partial charge in [0.05, 0.1) is 5.52 Å². The standard InChI is InChI=1S/C17H12ClN3/c1-10-16(14-3-2-7-20-17(14)21-10)13-6-8-19-15-9-11(18)4-5-12(13)15/h2-9H,1H3,(H,20,21). The van der Waals surface area contributed by atoms with E-state index < -0.39 is 0 Å². The quantitative estimate of drug-likeness (QED) is 0.551. The molecular weight excluding hydrogens is 282 g/mol. The van der Waals surface area contributed by atoms with E-state index in [9.17, 15) is 0 Å². The van der Waals surface area contributed by atoms with Crippen molar-refractivity contribution in [2.45, 2.75) is 6.92 Å². The van der Waals surface area contributed by atoms with Crippen molar-refractivity contribution in [2.75, 3.05) is 0 Å². The van der Waals surface area contributed by atoms with Crippen LogP contribution in [0.1, 0.15) is 5.69 Å². The van der Waals surface area contributed by atoms with Crippen molar-refractivity contribution < 1.29 is 0 Å². The highest BCUT2D eigenvalue weighted by Crippen LogP contribution is 2.35. The molecule has 21 heavy (non-hydrogen) atoms. The van der Waals surface area contributed by atoms with Crippen LogP contribution in [0.25, 0.3) is 33.1 Å². The first kappa shape index (κ1) is 12.4. The fraction of sp³-hybridized carbons (Fsp3) is 0.0588. The van der Waals surface area contributed by atoms with E-state index >= 15 is 0 Å². The Bertz CT molecular complexity index is 972. The molecule has 0 aliphatic heterocycles. The lowest BCUT2D eigenvalue weighted by molar-refractivity contribution is 1.25. The van der Waals surface area contributed by atoms with Crippen LogP contribution in [0.5, 0.6) is 0 Å². The molecule has 3 heterocycles. The van der Waals surface area contributed by atoms with Crippen LogP contribution >= 0.6 is 11.6 Å². The van der Waals surface area contributed by atoms with Crippen molar-refractivity contribution in [1.82, 2.24) is 15.0 Å². The molecule has 4 rings (SSSR count). The molecule has 0 saturated heterocycles. The lowest BCUT2D eigenvalue weighted by Gasteiger charge is -2.07. The second-order valence-electron chi connectivity index (χ2n) is 5.04. The largest absolute Gasteiger partial charge is 0.343 e. The molecule has 4 heteroatoms. The third-order valence-corrected chi connectivity index (χ3v) is 3.97. The van der Waals surface area contributed by atoms with Gasteiger partial charge in [0.25, 0.3) is 0 Å². The van der Waals surface area contributed by atoms with Crippen molar-refractivity contribution >= 4 is 33.5 Å². The van der Waals surface area contributed by atoms with E-state index in [1.54, 1.807) is 6.20 Å². The molecule has 0 spiro atoms. The molecule has 0 radical (unpaired) electrons. The van der Waals surface area contributed by atoms with Crippen LogP contribution in [-0.2, 0) is 0 Å². The average molecular weight is 294 g/mol. The number of nitrogens with zero attached hydrogens (tertiary/aromatic N) is 2. The van der Waals surface area contributed by atoms with Gasteiger partial charge in [0.1, 0.15) is 5.65 Å². The monoisotopic (exact) mass is 293 g/mol. The highest BCUT2D eigenvalue weighted by atomic mass is 35.5. The Morgan fingerprint density at radius 3 is 2.81 bits per heavy atom. The van der Waals surface area contributed by atoms with Gasteiger partial charge in [-0.25, -0.2) is 4.98 Å². The number of fused-ring (bicyclic) bond motifs is 2. The Hall–Kier alpha value is -2.39. The summed E-state index contributed by atoms with van der Waals surface area (Å²) in [6, 6.07) is 11.9. The van der Waals surface area contributed by atoms with Gasteiger partial charge in [-0.3, -0.25) is 4.98 Å². The molecule has 102 valence electrons. The smallest absolute Gasteiger partial charge is 0.138 e. The highest BCUT2D eigenvalue weighted by Gasteiger charge is 2.13. The highest BCUT2D eigenvalue weighted by molar-refractivity contribution is 6.31. The van der Waals surface area contributed by atoms with Gasteiger partial charge in [-0.1, -0.05) is 17.7 Å². The zero-order valence-corrected chi connectivity index (χ0v) is 12.1. The number of nitrogens with one attached hydrogen (secondary N) is 1. The zero-order valence-electron chi connectivity index (χ0n) is 11.4. The molecule has 0 atom stereocenters. The molecule has 0 fully saturated rings. The Morgan fingerprint density at radius 2 is 1.90 bits per heavy atom.